The molecule has 2 N–H and O–H groups in total. The van der Waals surface area contributed by atoms with Crippen molar-refractivity contribution in [3.05, 3.63) is 35.4 Å². The fourth-order valence-corrected chi connectivity index (χ4v) is 2.31. The fraction of sp³-hybridized carbons (Fsp3) is 0.417. The van der Waals surface area contributed by atoms with Gasteiger partial charge in [-0.1, -0.05) is 36.5 Å². The van der Waals surface area contributed by atoms with Gasteiger partial charge in [0.1, 0.15) is 0 Å². The van der Waals surface area contributed by atoms with E-state index in [2.05, 4.69) is 29.2 Å². The molecule has 80 valence electrons. The van der Waals surface area contributed by atoms with E-state index in [1.807, 2.05) is 0 Å². The van der Waals surface area contributed by atoms with Gasteiger partial charge < -0.3 is 5.73 Å². The Morgan fingerprint density at radius 2 is 2.07 bits per heavy atom. The van der Waals surface area contributed by atoms with Gasteiger partial charge in [0, 0.05) is 13.1 Å². The molecule has 0 spiro atoms. The molecule has 0 aromatic heterocycles. The van der Waals surface area contributed by atoms with E-state index in [1.165, 1.54) is 24.0 Å². The zero-order valence-corrected chi connectivity index (χ0v) is 9.59. The normalized spacial score (nSPS) is 16.8. The van der Waals surface area contributed by atoms with Crippen LogP contribution in [0.1, 0.15) is 17.5 Å². The zero-order valence-electron chi connectivity index (χ0n) is 8.78. The molecule has 0 radical (unpaired) electrons. The summed E-state index contributed by atoms with van der Waals surface area (Å²) in [4.78, 5) is 2.92. The van der Waals surface area contributed by atoms with Crippen LogP contribution in [0.4, 0.5) is 0 Å². The number of fused-ring (bicyclic) bond motifs is 1. The molecule has 0 fully saturated rings. The van der Waals surface area contributed by atoms with E-state index in [1.54, 1.807) is 0 Å². The summed E-state index contributed by atoms with van der Waals surface area (Å²) in [5, 5.41) is 0. The van der Waals surface area contributed by atoms with Crippen LogP contribution in [0, 0.1) is 0 Å². The average Bonchev–Trinajstić information content (AvgIpc) is 2.38. The molecule has 0 atom stereocenters. The maximum Gasteiger partial charge on any atom is 0.0870 e. The topological polar surface area (TPSA) is 29.3 Å². The fourth-order valence-electron chi connectivity index (χ4n) is 2.12. The summed E-state index contributed by atoms with van der Waals surface area (Å²) in [6, 6.07) is 8.64. The average molecular weight is 220 g/mol. The Hall–Kier alpha value is -0.930. The Balaban J connectivity index is 2.13. The van der Waals surface area contributed by atoms with Crippen molar-refractivity contribution in [2.75, 3.05) is 13.1 Å². The Bertz CT molecular complexity index is 362. The SMILES string of the molecule is NC(=S)CN1CCCc2ccccc2C1. The molecule has 2 rings (SSSR count). The van der Waals surface area contributed by atoms with Crippen molar-refractivity contribution in [1.29, 1.82) is 0 Å². The van der Waals surface area contributed by atoms with E-state index in [9.17, 15) is 0 Å². The molecule has 3 heteroatoms. The van der Waals surface area contributed by atoms with Gasteiger partial charge in [0.15, 0.2) is 0 Å². The Labute approximate surface area is 96.1 Å². The molecule has 1 heterocycles. The van der Waals surface area contributed by atoms with Crippen LogP contribution in [-0.2, 0) is 13.0 Å². The van der Waals surface area contributed by atoms with Crippen molar-refractivity contribution in [2.45, 2.75) is 19.4 Å². The van der Waals surface area contributed by atoms with E-state index >= 15 is 0 Å². The lowest BCUT2D eigenvalue weighted by Gasteiger charge is -2.19. The molecule has 0 amide bonds. The summed E-state index contributed by atoms with van der Waals surface area (Å²) in [7, 11) is 0. The highest BCUT2D eigenvalue weighted by Crippen LogP contribution is 2.17. The van der Waals surface area contributed by atoms with Crippen LogP contribution >= 0.6 is 12.2 Å². The van der Waals surface area contributed by atoms with E-state index < -0.39 is 0 Å². The number of hydrogen-bond acceptors (Lipinski definition) is 2. The number of nitrogens with two attached hydrogens (primary N) is 1. The van der Waals surface area contributed by atoms with E-state index in [4.69, 9.17) is 18.0 Å². The predicted octanol–water partition coefficient (Wildman–Crippen LogP) is 1.72. The molecule has 1 aromatic rings. The first-order valence-electron chi connectivity index (χ1n) is 5.33. The first kappa shape index (κ1) is 10.6. The monoisotopic (exact) mass is 220 g/mol. The third-order valence-electron chi connectivity index (χ3n) is 2.81. The summed E-state index contributed by atoms with van der Waals surface area (Å²) < 4.78 is 0. The van der Waals surface area contributed by atoms with Gasteiger partial charge in [-0.15, -0.1) is 0 Å². The van der Waals surface area contributed by atoms with Crippen LogP contribution in [0.2, 0.25) is 0 Å². The number of nitrogens with zero attached hydrogens (tertiary/aromatic N) is 1. The standard InChI is InChI=1S/C12H16N2S/c13-12(15)9-14-7-3-6-10-4-1-2-5-11(10)8-14/h1-2,4-5H,3,6-9H2,(H2,13,15). The summed E-state index contributed by atoms with van der Waals surface area (Å²) in [6.07, 6.45) is 2.36. The van der Waals surface area contributed by atoms with Crippen LogP contribution in [0.15, 0.2) is 24.3 Å². The molecule has 15 heavy (non-hydrogen) atoms. The van der Waals surface area contributed by atoms with Gasteiger partial charge in [0.2, 0.25) is 0 Å². The van der Waals surface area contributed by atoms with Gasteiger partial charge in [-0.3, -0.25) is 4.90 Å². The van der Waals surface area contributed by atoms with Gasteiger partial charge in [0.25, 0.3) is 0 Å². The molecule has 2 nitrogen and oxygen atoms in total. The molecular formula is C12H16N2S. The molecule has 1 aliphatic heterocycles. The number of aryl methyl sites for hydroxylation is 1. The van der Waals surface area contributed by atoms with E-state index in [0.717, 1.165) is 19.6 Å². The lowest BCUT2D eigenvalue weighted by molar-refractivity contribution is 0.309. The van der Waals surface area contributed by atoms with Crippen LogP contribution in [0.5, 0.6) is 0 Å². The highest BCUT2D eigenvalue weighted by Gasteiger charge is 2.13. The lowest BCUT2D eigenvalue weighted by atomic mass is 10.0. The third kappa shape index (κ3) is 2.76. The van der Waals surface area contributed by atoms with Crippen LogP contribution in [0.3, 0.4) is 0 Å². The predicted molar refractivity (Wildman–Crippen MR) is 66.8 cm³/mol. The van der Waals surface area contributed by atoms with E-state index in [-0.39, 0.29) is 0 Å². The quantitative estimate of drug-likeness (QED) is 0.770. The van der Waals surface area contributed by atoms with Crippen molar-refractivity contribution in [3.63, 3.8) is 0 Å². The molecule has 0 unspecified atom stereocenters. The second-order valence-corrected chi connectivity index (χ2v) is 4.57. The number of hydrogen-bond donors (Lipinski definition) is 1. The van der Waals surface area contributed by atoms with Gasteiger partial charge in [-0.2, -0.15) is 0 Å². The number of benzene rings is 1. The highest BCUT2D eigenvalue weighted by atomic mass is 32.1. The zero-order chi connectivity index (χ0) is 10.7. The second kappa shape index (κ2) is 4.73. The highest BCUT2D eigenvalue weighted by molar-refractivity contribution is 7.80. The minimum absolute atomic E-state index is 0.592. The van der Waals surface area contributed by atoms with Crippen molar-refractivity contribution in [1.82, 2.24) is 4.90 Å². The van der Waals surface area contributed by atoms with Crippen molar-refractivity contribution < 1.29 is 0 Å². The summed E-state index contributed by atoms with van der Waals surface area (Å²) >= 11 is 4.96. The maximum atomic E-state index is 5.58. The summed E-state index contributed by atoms with van der Waals surface area (Å²) in [5.41, 5.74) is 8.48. The van der Waals surface area contributed by atoms with Crippen molar-refractivity contribution in [2.24, 2.45) is 5.73 Å². The smallest absolute Gasteiger partial charge is 0.0870 e. The van der Waals surface area contributed by atoms with Gasteiger partial charge in [-0.25, -0.2) is 0 Å². The van der Waals surface area contributed by atoms with Crippen molar-refractivity contribution >= 4 is 17.2 Å². The minimum atomic E-state index is 0.592. The Kier molecular flexibility index (Phi) is 3.34. The molecular weight excluding hydrogens is 204 g/mol. The third-order valence-corrected chi connectivity index (χ3v) is 2.94. The summed E-state index contributed by atoms with van der Waals surface area (Å²) in [5.74, 6) is 0. The maximum absolute atomic E-state index is 5.58. The van der Waals surface area contributed by atoms with Crippen molar-refractivity contribution in [3.8, 4) is 0 Å². The van der Waals surface area contributed by atoms with Gasteiger partial charge in [0.05, 0.1) is 4.99 Å². The first-order valence-corrected chi connectivity index (χ1v) is 5.74. The minimum Gasteiger partial charge on any atom is -0.392 e. The second-order valence-electron chi connectivity index (χ2n) is 4.05. The Morgan fingerprint density at radius 3 is 2.80 bits per heavy atom. The van der Waals surface area contributed by atoms with Crippen LogP contribution in [0.25, 0.3) is 0 Å². The summed E-state index contributed by atoms with van der Waals surface area (Å²) in [6.45, 7) is 2.81. The molecule has 0 aliphatic carbocycles. The van der Waals surface area contributed by atoms with E-state index in [0.29, 0.717) is 4.99 Å². The number of rotatable bonds is 2. The molecule has 0 saturated heterocycles. The van der Waals surface area contributed by atoms with Crippen LogP contribution in [-0.4, -0.2) is 23.0 Å². The lowest BCUT2D eigenvalue weighted by Crippen LogP contribution is -2.32. The first-order chi connectivity index (χ1) is 7.25. The molecule has 0 bridgehead atoms. The Morgan fingerprint density at radius 1 is 1.33 bits per heavy atom. The number of thiocarbonyl (C=S) groups is 1. The molecule has 1 aliphatic rings. The molecule has 1 aromatic carbocycles. The molecule has 0 saturated carbocycles. The van der Waals surface area contributed by atoms with Crippen LogP contribution < -0.4 is 5.73 Å². The van der Waals surface area contributed by atoms with Gasteiger partial charge in [-0.05, 0) is 30.5 Å². The largest absolute Gasteiger partial charge is 0.392 e. The van der Waals surface area contributed by atoms with Gasteiger partial charge >= 0.3 is 0 Å².